The number of carbonyl (C=O) groups excluding carboxylic acids is 1. The number of nitrogens with zero attached hydrogens (tertiary/aromatic N) is 1. The Bertz CT molecular complexity index is 1110. The predicted octanol–water partition coefficient (Wildman–Crippen LogP) is 4.03. The lowest BCUT2D eigenvalue weighted by Crippen LogP contribution is -2.31. The summed E-state index contributed by atoms with van der Waals surface area (Å²) in [7, 11) is 0. The lowest BCUT2D eigenvalue weighted by atomic mass is 9.98. The minimum atomic E-state index is -1.08. The lowest BCUT2D eigenvalue weighted by Gasteiger charge is -2.18. The van der Waals surface area contributed by atoms with E-state index in [4.69, 9.17) is 0 Å². The molecule has 1 heterocycles. The maximum atomic E-state index is 14.0. The Kier molecular flexibility index (Phi) is 5.18. The maximum absolute atomic E-state index is 14.0. The standard InChI is InChI=1S/C23H18F2N2O2/c24-20-6-2-5-19(22(20)25)21(13-28)27-23(29)16-4-1-3-14(9-16)15-7-8-17-11-26-12-18(17)10-15/h1-10,12,21,28H,11,13H2,(H,27,29). The van der Waals surface area contributed by atoms with Gasteiger partial charge in [0.15, 0.2) is 11.6 Å². The van der Waals surface area contributed by atoms with Gasteiger partial charge in [0.2, 0.25) is 0 Å². The first-order valence-corrected chi connectivity index (χ1v) is 9.15. The molecule has 0 bridgehead atoms. The second-order valence-electron chi connectivity index (χ2n) is 6.82. The Labute approximate surface area is 166 Å². The molecule has 0 saturated carbocycles. The highest BCUT2D eigenvalue weighted by molar-refractivity contribution is 5.96. The molecule has 1 atom stereocenters. The molecule has 0 aliphatic carbocycles. The molecule has 29 heavy (non-hydrogen) atoms. The van der Waals surface area contributed by atoms with E-state index in [1.54, 1.807) is 18.2 Å². The third-order valence-corrected chi connectivity index (χ3v) is 4.94. The number of hydrogen-bond donors (Lipinski definition) is 2. The van der Waals surface area contributed by atoms with Crippen LogP contribution in [-0.2, 0) is 6.54 Å². The quantitative estimate of drug-likeness (QED) is 0.689. The second kappa shape index (κ2) is 7.93. The molecule has 0 saturated heterocycles. The second-order valence-corrected chi connectivity index (χ2v) is 6.82. The van der Waals surface area contributed by atoms with Gasteiger partial charge in [-0.15, -0.1) is 0 Å². The normalized spacial score (nSPS) is 13.2. The summed E-state index contributed by atoms with van der Waals surface area (Å²) in [6.45, 7) is 0.118. The molecule has 1 amide bonds. The van der Waals surface area contributed by atoms with Crippen molar-refractivity contribution in [3.05, 3.63) is 94.6 Å². The van der Waals surface area contributed by atoms with Gasteiger partial charge < -0.3 is 10.4 Å². The van der Waals surface area contributed by atoms with Crippen LogP contribution in [0, 0.1) is 11.6 Å². The predicted molar refractivity (Wildman–Crippen MR) is 107 cm³/mol. The van der Waals surface area contributed by atoms with Gasteiger partial charge in [0, 0.05) is 17.3 Å². The van der Waals surface area contributed by atoms with E-state index in [-0.39, 0.29) is 5.56 Å². The lowest BCUT2D eigenvalue weighted by molar-refractivity contribution is 0.0915. The largest absolute Gasteiger partial charge is 0.394 e. The van der Waals surface area contributed by atoms with E-state index >= 15 is 0 Å². The van der Waals surface area contributed by atoms with Crippen LogP contribution in [0.3, 0.4) is 0 Å². The van der Waals surface area contributed by atoms with E-state index in [0.29, 0.717) is 12.1 Å². The summed E-state index contributed by atoms with van der Waals surface area (Å²) in [5.74, 6) is -2.60. The van der Waals surface area contributed by atoms with E-state index < -0.39 is 30.2 Å². The molecule has 4 rings (SSSR count). The molecule has 6 heteroatoms. The van der Waals surface area contributed by atoms with Crippen LogP contribution in [0.4, 0.5) is 8.78 Å². The summed E-state index contributed by atoms with van der Waals surface area (Å²) in [6, 6.07) is 15.6. The molecule has 1 aliphatic rings. The number of rotatable bonds is 5. The Morgan fingerprint density at radius 1 is 1.07 bits per heavy atom. The Morgan fingerprint density at radius 3 is 2.69 bits per heavy atom. The number of nitrogens with one attached hydrogen (secondary N) is 1. The molecule has 0 radical (unpaired) electrons. The number of halogens is 2. The first-order valence-electron chi connectivity index (χ1n) is 9.15. The average molecular weight is 392 g/mol. The number of benzene rings is 3. The van der Waals surface area contributed by atoms with Gasteiger partial charge in [0.05, 0.1) is 19.2 Å². The topological polar surface area (TPSA) is 61.7 Å². The molecule has 0 fully saturated rings. The Hall–Kier alpha value is -3.38. The number of aliphatic hydroxyl groups excluding tert-OH is 1. The van der Waals surface area contributed by atoms with Crippen LogP contribution in [0.1, 0.15) is 33.1 Å². The number of hydrogen-bond acceptors (Lipinski definition) is 3. The van der Waals surface area contributed by atoms with Gasteiger partial charge in [-0.2, -0.15) is 0 Å². The van der Waals surface area contributed by atoms with Gasteiger partial charge in [-0.3, -0.25) is 9.79 Å². The zero-order valence-electron chi connectivity index (χ0n) is 15.4. The molecular formula is C23H18F2N2O2. The van der Waals surface area contributed by atoms with Crippen molar-refractivity contribution < 1.29 is 18.7 Å². The SMILES string of the molecule is O=C(NC(CO)c1cccc(F)c1F)c1cccc(-c2ccc3c(c2)C=NC3)c1. The molecule has 2 N–H and O–H groups in total. The third kappa shape index (κ3) is 3.79. The van der Waals surface area contributed by atoms with E-state index in [0.717, 1.165) is 28.3 Å². The molecule has 4 nitrogen and oxygen atoms in total. The molecule has 1 unspecified atom stereocenters. The monoisotopic (exact) mass is 392 g/mol. The highest BCUT2D eigenvalue weighted by Crippen LogP contribution is 2.26. The van der Waals surface area contributed by atoms with Crippen molar-refractivity contribution in [2.24, 2.45) is 4.99 Å². The van der Waals surface area contributed by atoms with Crippen LogP contribution in [0.15, 0.2) is 65.7 Å². The van der Waals surface area contributed by atoms with Crippen molar-refractivity contribution >= 4 is 12.1 Å². The van der Waals surface area contributed by atoms with Gasteiger partial charge in [-0.05, 0) is 46.5 Å². The summed E-state index contributed by atoms with van der Waals surface area (Å²) in [5.41, 5.74) is 4.26. The number of fused-ring (bicyclic) bond motifs is 1. The van der Waals surface area contributed by atoms with Gasteiger partial charge in [-0.1, -0.05) is 36.4 Å². The third-order valence-electron chi connectivity index (χ3n) is 4.94. The van der Waals surface area contributed by atoms with Gasteiger partial charge in [-0.25, -0.2) is 8.78 Å². The zero-order valence-corrected chi connectivity index (χ0v) is 15.4. The zero-order chi connectivity index (χ0) is 20.4. The smallest absolute Gasteiger partial charge is 0.251 e. The molecule has 3 aromatic carbocycles. The molecule has 0 spiro atoms. The van der Waals surface area contributed by atoms with Crippen LogP contribution >= 0.6 is 0 Å². The van der Waals surface area contributed by atoms with E-state index in [1.165, 1.54) is 12.1 Å². The van der Waals surface area contributed by atoms with Crippen LogP contribution in [-0.4, -0.2) is 23.8 Å². The van der Waals surface area contributed by atoms with Crippen LogP contribution < -0.4 is 5.32 Å². The summed E-state index contributed by atoms with van der Waals surface area (Å²) in [5, 5.41) is 12.2. The summed E-state index contributed by atoms with van der Waals surface area (Å²) >= 11 is 0. The number of aliphatic hydroxyl groups is 1. The van der Waals surface area contributed by atoms with Crippen LogP contribution in [0.5, 0.6) is 0 Å². The fourth-order valence-corrected chi connectivity index (χ4v) is 3.37. The highest BCUT2D eigenvalue weighted by atomic mass is 19.2. The van der Waals surface area contributed by atoms with Crippen molar-refractivity contribution in [3.63, 3.8) is 0 Å². The first-order chi connectivity index (χ1) is 14.1. The van der Waals surface area contributed by atoms with Gasteiger partial charge in [0.25, 0.3) is 5.91 Å². The van der Waals surface area contributed by atoms with Crippen molar-refractivity contribution in [2.45, 2.75) is 12.6 Å². The summed E-state index contributed by atoms with van der Waals surface area (Å²) in [6.07, 6.45) is 1.83. The Balaban J connectivity index is 1.58. The van der Waals surface area contributed by atoms with Crippen molar-refractivity contribution in [1.82, 2.24) is 5.32 Å². The molecular weight excluding hydrogens is 374 g/mol. The average Bonchev–Trinajstić information content (AvgIpc) is 3.22. The van der Waals surface area contributed by atoms with Crippen LogP contribution in [0.25, 0.3) is 11.1 Å². The fraction of sp³-hybridized carbons (Fsp3) is 0.130. The van der Waals surface area contributed by atoms with E-state index in [9.17, 15) is 18.7 Å². The number of aliphatic imine (C=N–C) groups is 1. The van der Waals surface area contributed by atoms with Crippen molar-refractivity contribution in [1.29, 1.82) is 0 Å². The molecule has 146 valence electrons. The minimum absolute atomic E-state index is 0.102. The number of carbonyl (C=O) groups is 1. The first kappa shape index (κ1) is 19.0. The van der Waals surface area contributed by atoms with Gasteiger partial charge >= 0.3 is 0 Å². The minimum Gasteiger partial charge on any atom is -0.394 e. The summed E-state index contributed by atoms with van der Waals surface area (Å²) in [4.78, 5) is 16.9. The van der Waals surface area contributed by atoms with E-state index in [1.807, 2.05) is 30.5 Å². The fourth-order valence-electron chi connectivity index (χ4n) is 3.37. The Morgan fingerprint density at radius 2 is 1.86 bits per heavy atom. The highest BCUT2D eigenvalue weighted by Gasteiger charge is 2.20. The maximum Gasteiger partial charge on any atom is 0.251 e. The molecule has 3 aromatic rings. The molecule has 0 aromatic heterocycles. The van der Waals surface area contributed by atoms with Crippen molar-refractivity contribution in [2.75, 3.05) is 6.61 Å². The number of amides is 1. The van der Waals surface area contributed by atoms with E-state index in [2.05, 4.69) is 10.3 Å². The van der Waals surface area contributed by atoms with Crippen molar-refractivity contribution in [3.8, 4) is 11.1 Å². The molecule has 1 aliphatic heterocycles. The van der Waals surface area contributed by atoms with Crippen LogP contribution in [0.2, 0.25) is 0 Å². The van der Waals surface area contributed by atoms with Gasteiger partial charge in [0.1, 0.15) is 0 Å². The summed E-state index contributed by atoms with van der Waals surface area (Å²) < 4.78 is 27.5.